The fourth-order valence-electron chi connectivity index (χ4n) is 2.57. The Balaban J connectivity index is 2.29. The van der Waals surface area contributed by atoms with Gasteiger partial charge in [-0.15, -0.1) is 0 Å². The van der Waals surface area contributed by atoms with Crippen molar-refractivity contribution in [3.63, 3.8) is 0 Å². The van der Waals surface area contributed by atoms with Gasteiger partial charge >= 0.3 is 6.18 Å². The minimum atomic E-state index is -4.87. The van der Waals surface area contributed by atoms with Gasteiger partial charge in [0.1, 0.15) is 18.0 Å². The summed E-state index contributed by atoms with van der Waals surface area (Å²) in [6, 6.07) is 1.73. The number of halogens is 5. The Morgan fingerprint density at radius 2 is 1.89 bits per heavy atom. The van der Waals surface area contributed by atoms with Gasteiger partial charge in [-0.25, -0.2) is 22.6 Å². The normalized spacial score (nSPS) is 22.0. The first-order valence-corrected chi connectivity index (χ1v) is 9.41. The van der Waals surface area contributed by atoms with Gasteiger partial charge in [0.25, 0.3) is 5.91 Å². The van der Waals surface area contributed by atoms with Crippen LogP contribution in [-0.2, 0) is 14.8 Å². The topological polar surface area (TPSA) is 78.8 Å². The van der Waals surface area contributed by atoms with E-state index < -0.39 is 45.8 Å². The molecule has 6 nitrogen and oxygen atoms in total. The lowest BCUT2D eigenvalue weighted by Gasteiger charge is -2.23. The Hall–Kier alpha value is -2.34. The third-order valence-electron chi connectivity index (χ3n) is 3.87. The SMILES string of the molecule is C/C=C\C(=N/NC(=O)[C@@H]1[C@@H](F)CCN1S(=O)(=O)c1ccc(F)cc1)C(F)(F)F. The van der Waals surface area contributed by atoms with E-state index in [4.69, 9.17) is 0 Å². The van der Waals surface area contributed by atoms with Gasteiger partial charge in [-0.2, -0.15) is 22.6 Å². The molecule has 28 heavy (non-hydrogen) atoms. The third kappa shape index (κ3) is 4.73. The van der Waals surface area contributed by atoms with E-state index >= 15 is 0 Å². The Kier molecular flexibility index (Phi) is 6.55. The zero-order valence-corrected chi connectivity index (χ0v) is 15.3. The highest BCUT2D eigenvalue weighted by Gasteiger charge is 2.46. The van der Waals surface area contributed by atoms with Crippen LogP contribution in [0, 0.1) is 5.82 Å². The zero-order chi connectivity index (χ0) is 21.1. The van der Waals surface area contributed by atoms with Crippen LogP contribution in [0.5, 0.6) is 0 Å². The molecule has 1 N–H and O–H groups in total. The largest absolute Gasteiger partial charge is 0.435 e. The first-order chi connectivity index (χ1) is 13.0. The van der Waals surface area contributed by atoms with Crippen LogP contribution in [0.15, 0.2) is 46.4 Å². The van der Waals surface area contributed by atoms with E-state index in [1.165, 1.54) is 6.92 Å². The number of alkyl halides is 4. The molecule has 154 valence electrons. The Morgan fingerprint density at radius 3 is 2.43 bits per heavy atom. The van der Waals surface area contributed by atoms with Crippen molar-refractivity contribution >= 4 is 21.6 Å². The first-order valence-electron chi connectivity index (χ1n) is 7.97. The van der Waals surface area contributed by atoms with Crippen LogP contribution in [0.2, 0.25) is 0 Å². The van der Waals surface area contributed by atoms with Crippen LogP contribution in [0.25, 0.3) is 0 Å². The molecule has 0 aromatic heterocycles. The van der Waals surface area contributed by atoms with Crippen molar-refractivity contribution in [2.24, 2.45) is 5.10 Å². The number of rotatable bonds is 5. The maximum absolute atomic E-state index is 14.2. The molecule has 1 aromatic carbocycles. The van der Waals surface area contributed by atoms with Crippen LogP contribution < -0.4 is 5.43 Å². The average Bonchev–Trinajstić information content (AvgIpc) is 3.00. The van der Waals surface area contributed by atoms with E-state index in [1.807, 2.05) is 0 Å². The predicted molar refractivity (Wildman–Crippen MR) is 90.0 cm³/mol. The maximum Gasteiger partial charge on any atom is 0.435 e. The smallest absolute Gasteiger partial charge is 0.271 e. The second kappa shape index (κ2) is 8.35. The van der Waals surface area contributed by atoms with Crippen molar-refractivity contribution in [3.8, 4) is 0 Å². The number of nitrogens with one attached hydrogen (secondary N) is 1. The Bertz CT molecular complexity index is 882. The van der Waals surface area contributed by atoms with E-state index in [-0.39, 0.29) is 17.9 Å². The van der Waals surface area contributed by atoms with Crippen LogP contribution in [0.3, 0.4) is 0 Å². The van der Waals surface area contributed by atoms with E-state index in [2.05, 4.69) is 5.10 Å². The summed E-state index contributed by atoms with van der Waals surface area (Å²) in [5.74, 6) is -2.04. The first kappa shape index (κ1) is 22.0. The number of hydrazone groups is 1. The molecule has 1 aromatic rings. The average molecular weight is 425 g/mol. The van der Waals surface area contributed by atoms with Crippen LogP contribution in [0.1, 0.15) is 13.3 Å². The Labute approximate surface area is 157 Å². The molecule has 1 heterocycles. The highest BCUT2D eigenvalue weighted by Crippen LogP contribution is 2.28. The fourth-order valence-corrected chi connectivity index (χ4v) is 4.19. The number of carbonyl (C=O) groups excluding carboxylic acids is 1. The lowest BCUT2D eigenvalue weighted by Crippen LogP contribution is -2.48. The van der Waals surface area contributed by atoms with Gasteiger partial charge in [-0.3, -0.25) is 4.79 Å². The summed E-state index contributed by atoms with van der Waals surface area (Å²) < 4.78 is 91.4. The van der Waals surface area contributed by atoms with Crippen LogP contribution >= 0.6 is 0 Å². The number of carbonyl (C=O) groups is 1. The summed E-state index contributed by atoms with van der Waals surface area (Å²) in [6.07, 6.45) is -5.51. The molecule has 0 unspecified atom stereocenters. The predicted octanol–water partition coefficient (Wildman–Crippen LogP) is 2.54. The molecule has 1 aliphatic heterocycles. The highest BCUT2D eigenvalue weighted by molar-refractivity contribution is 7.89. The van der Waals surface area contributed by atoms with Gasteiger partial charge in [-0.1, -0.05) is 6.08 Å². The number of benzene rings is 1. The lowest BCUT2D eigenvalue weighted by atomic mass is 10.2. The van der Waals surface area contributed by atoms with E-state index in [0.29, 0.717) is 10.4 Å². The minimum Gasteiger partial charge on any atom is -0.271 e. The molecule has 1 fully saturated rings. The van der Waals surface area contributed by atoms with E-state index in [9.17, 15) is 35.2 Å². The van der Waals surface area contributed by atoms with Crippen molar-refractivity contribution in [1.82, 2.24) is 9.73 Å². The van der Waals surface area contributed by atoms with Gasteiger partial charge in [-0.05, 0) is 43.7 Å². The molecule has 0 bridgehead atoms. The molecule has 0 saturated carbocycles. The standard InChI is InChI=1S/C16H16F5N3O3S/c1-2-3-13(16(19,20)21)22-23-15(25)14-12(18)8-9-24(14)28(26,27)11-6-4-10(17)5-7-11/h2-7,12,14H,8-9H2,1H3,(H,23,25)/b3-2-,22-13+/t12-,14-/m0/s1. The summed E-state index contributed by atoms with van der Waals surface area (Å²) in [7, 11) is -4.38. The molecule has 2 atom stereocenters. The van der Waals surface area contributed by atoms with Gasteiger partial charge in [0.2, 0.25) is 10.0 Å². The van der Waals surface area contributed by atoms with Crippen molar-refractivity contribution in [2.45, 2.75) is 36.6 Å². The number of amides is 1. The monoisotopic (exact) mass is 425 g/mol. The molecule has 2 rings (SSSR count). The molecule has 0 spiro atoms. The minimum absolute atomic E-state index is 0.330. The molecule has 1 aliphatic rings. The second-order valence-electron chi connectivity index (χ2n) is 5.79. The molecule has 12 heteroatoms. The summed E-state index contributed by atoms with van der Waals surface area (Å²) in [5.41, 5.74) is 0.141. The molecule has 0 radical (unpaired) electrons. The van der Waals surface area contributed by atoms with Gasteiger partial charge in [0.05, 0.1) is 4.90 Å². The van der Waals surface area contributed by atoms with Gasteiger partial charge in [0.15, 0.2) is 5.71 Å². The molecular formula is C16H16F5N3O3S. The number of nitrogens with zero attached hydrogens (tertiary/aromatic N) is 2. The second-order valence-corrected chi connectivity index (χ2v) is 7.68. The van der Waals surface area contributed by atoms with Gasteiger partial charge in [0, 0.05) is 6.54 Å². The van der Waals surface area contributed by atoms with Crippen molar-refractivity contribution in [1.29, 1.82) is 0 Å². The van der Waals surface area contributed by atoms with Crippen molar-refractivity contribution in [3.05, 3.63) is 42.2 Å². The van der Waals surface area contributed by atoms with Crippen molar-refractivity contribution < 1.29 is 35.2 Å². The van der Waals surface area contributed by atoms with Crippen molar-refractivity contribution in [2.75, 3.05) is 6.54 Å². The summed E-state index contributed by atoms with van der Waals surface area (Å²) in [5, 5.41) is 2.93. The lowest BCUT2D eigenvalue weighted by molar-refractivity contribution is -0.125. The van der Waals surface area contributed by atoms with E-state index in [1.54, 1.807) is 5.43 Å². The highest BCUT2D eigenvalue weighted by atomic mass is 32.2. The maximum atomic E-state index is 14.2. The molecular weight excluding hydrogens is 409 g/mol. The summed E-state index contributed by atoms with van der Waals surface area (Å²) >= 11 is 0. The number of hydrogen-bond donors (Lipinski definition) is 1. The molecule has 1 amide bonds. The Morgan fingerprint density at radius 1 is 1.29 bits per heavy atom. The molecule has 1 saturated heterocycles. The fraction of sp³-hybridized carbons (Fsp3) is 0.375. The van der Waals surface area contributed by atoms with E-state index in [0.717, 1.165) is 30.3 Å². The molecule has 0 aliphatic carbocycles. The quantitative estimate of drug-likeness (QED) is 0.447. The van der Waals surface area contributed by atoms with Crippen LogP contribution in [-0.4, -0.2) is 49.3 Å². The summed E-state index contributed by atoms with van der Waals surface area (Å²) in [6.45, 7) is 0.929. The summed E-state index contributed by atoms with van der Waals surface area (Å²) in [4.78, 5) is 11.8. The van der Waals surface area contributed by atoms with Crippen LogP contribution in [0.4, 0.5) is 22.0 Å². The zero-order valence-electron chi connectivity index (χ0n) is 14.5. The van der Waals surface area contributed by atoms with Gasteiger partial charge < -0.3 is 0 Å². The number of sulfonamides is 1. The number of hydrogen-bond acceptors (Lipinski definition) is 4. The third-order valence-corrected chi connectivity index (χ3v) is 5.76. The number of allylic oxidation sites excluding steroid dienone is 2.